The molecule has 0 aliphatic heterocycles. The first-order valence-corrected chi connectivity index (χ1v) is 6.80. The average molecular weight is 258 g/mol. The van der Waals surface area contributed by atoms with E-state index in [-0.39, 0.29) is 5.41 Å². The molecule has 1 atom stereocenters. The Morgan fingerprint density at radius 2 is 2.00 bits per heavy atom. The molecule has 1 aromatic heterocycles. The predicted molar refractivity (Wildman–Crippen MR) is 72.2 cm³/mol. The number of halogens is 1. The highest BCUT2D eigenvalue weighted by atomic mass is 35.5. The minimum absolute atomic E-state index is 0.205. The number of nitrogens with zero attached hydrogens (tertiary/aromatic N) is 3. The van der Waals surface area contributed by atoms with Crippen molar-refractivity contribution >= 4 is 11.6 Å². The molecule has 0 bridgehead atoms. The van der Waals surface area contributed by atoms with E-state index >= 15 is 0 Å². The lowest BCUT2D eigenvalue weighted by atomic mass is 9.80. The van der Waals surface area contributed by atoms with Crippen molar-refractivity contribution in [2.75, 3.05) is 5.88 Å². The van der Waals surface area contributed by atoms with E-state index in [0.717, 1.165) is 18.8 Å². The van der Waals surface area contributed by atoms with Crippen molar-refractivity contribution < 1.29 is 0 Å². The fourth-order valence-corrected chi connectivity index (χ4v) is 2.33. The van der Waals surface area contributed by atoms with E-state index in [1.165, 1.54) is 0 Å². The van der Waals surface area contributed by atoms with Crippen LogP contribution in [0.3, 0.4) is 0 Å². The van der Waals surface area contributed by atoms with Crippen molar-refractivity contribution in [2.24, 2.45) is 17.3 Å². The molecule has 1 unspecified atom stereocenters. The van der Waals surface area contributed by atoms with Crippen LogP contribution in [-0.2, 0) is 13.0 Å². The summed E-state index contributed by atoms with van der Waals surface area (Å²) in [5, 5.41) is 4.29. The van der Waals surface area contributed by atoms with Crippen molar-refractivity contribution in [3.8, 4) is 0 Å². The maximum Gasteiger partial charge on any atom is 0.138 e. The summed E-state index contributed by atoms with van der Waals surface area (Å²) in [6, 6.07) is 0. The summed E-state index contributed by atoms with van der Waals surface area (Å²) in [6.45, 7) is 12.0. The first kappa shape index (κ1) is 14.5. The van der Waals surface area contributed by atoms with Crippen LogP contribution in [0.15, 0.2) is 6.33 Å². The molecule has 1 aromatic rings. The van der Waals surface area contributed by atoms with Crippen molar-refractivity contribution in [3.05, 3.63) is 12.2 Å². The second-order valence-corrected chi connectivity index (χ2v) is 6.48. The number of aromatic nitrogens is 3. The van der Waals surface area contributed by atoms with Crippen LogP contribution >= 0.6 is 11.6 Å². The Hall–Kier alpha value is -0.570. The van der Waals surface area contributed by atoms with E-state index in [2.05, 4.69) is 44.7 Å². The summed E-state index contributed by atoms with van der Waals surface area (Å²) in [5.74, 6) is 2.73. The van der Waals surface area contributed by atoms with Crippen LogP contribution < -0.4 is 0 Å². The summed E-state index contributed by atoms with van der Waals surface area (Å²) in [4.78, 5) is 4.36. The SMILES string of the molecule is CC(C)Cn1ncnc1CC(CCl)C(C)(C)C. The van der Waals surface area contributed by atoms with Crippen LogP contribution in [0, 0.1) is 17.3 Å². The summed E-state index contributed by atoms with van der Waals surface area (Å²) in [5.41, 5.74) is 0.205. The van der Waals surface area contributed by atoms with Gasteiger partial charge < -0.3 is 0 Å². The van der Waals surface area contributed by atoms with E-state index < -0.39 is 0 Å². The molecule has 0 fully saturated rings. The lowest BCUT2D eigenvalue weighted by Crippen LogP contribution is -2.26. The Labute approximate surface area is 110 Å². The first-order chi connectivity index (χ1) is 7.84. The average Bonchev–Trinajstić information content (AvgIpc) is 2.59. The van der Waals surface area contributed by atoms with Crippen LogP contribution in [0.2, 0.25) is 0 Å². The van der Waals surface area contributed by atoms with E-state index in [9.17, 15) is 0 Å². The maximum absolute atomic E-state index is 6.07. The van der Waals surface area contributed by atoms with Gasteiger partial charge in [-0.3, -0.25) is 0 Å². The zero-order chi connectivity index (χ0) is 13.1. The second kappa shape index (κ2) is 5.85. The molecule has 17 heavy (non-hydrogen) atoms. The second-order valence-electron chi connectivity index (χ2n) is 6.17. The first-order valence-electron chi connectivity index (χ1n) is 6.27. The zero-order valence-corrected chi connectivity index (χ0v) is 12.3. The Balaban J connectivity index is 2.76. The highest BCUT2D eigenvalue weighted by Gasteiger charge is 2.25. The third kappa shape index (κ3) is 4.30. The standard InChI is InChI=1S/C13H24ClN3/c1-10(2)8-17-12(15-9-16-17)6-11(7-14)13(3,4)5/h9-11H,6-8H2,1-5H3. The van der Waals surface area contributed by atoms with Crippen LogP contribution in [-0.4, -0.2) is 20.6 Å². The quantitative estimate of drug-likeness (QED) is 0.757. The van der Waals surface area contributed by atoms with Gasteiger partial charge in [0.1, 0.15) is 12.2 Å². The fourth-order valence-electron chi connectivity index (χ4n) is 1.76. The number of rotatable bonds is 5. The zero-order valence-electron chi connectivity index (χ0n) is 11.6. The van der Waals surface area contributed by atoms with Crippen LogP contribution in [0.5, 0.6) is 0 Å². The molecule has 4 heteroatoms. The summed E-state index contributed by atoms with van der Waals surface area (Å²) < 4.78 is 2.01. The Morgan fingerprint density at radius 3 is 2.47 bits per heavy atom. The Bertz CT molecular complexity index is 339. The van der Waals surface area contributed by atoms with E-state index in [1.54, 1.807) is 6.33 Å². The van der Waals surface area contributed by atoms with Gasteiger partial charge in [0.25, 0.3) is 0 Å². The molecule has 0 saturated carbocycles. The molecule has 3 nitrogen and oxygen atoms in total. The van der Waals surface area contributed by atoms with Gasteiger partial charge in [0, 0.05) is 18.8 Å². The molecule has 0 spiro atoms. The third-order valence-electron chi connectivity index (χ3n) is 3.07. The van der Waals surface area contributed by atoms with Crippen LogP contribution in [0.25, 0.3) is 0 Å². The molecule has 0 N–H and O–H groups in total. The van der Waals surface area contributed by atoms with Gasteiger partial charge in [0.2, 0.25) is 0 Å². The van der Waals surface area contributed by atoms with Crippen molar-refractivity contribution in [2.45, 2.75) is 47.6 Å². The molecular weight excluding hydrogens is 234 g/mol. The molecule has 1 rings (SSSR count). The van der Waals surface area contributed by atoms with Gasteiger partial charge in [-0.2, -0.15) is 5.10 Å². The number of hydrogen-bond acceptors (Lipinski definition) is 2. The van der Waals surface area contributed by atoms with Gasteiger partial charge in [0.15, 0.2) is 0 Å². The molecule has 0 radical (unpaired) electrons. The molecule has 1 heterocycles. The number of hydrogen-bond donors (Lipinski definition) is 0. The third-order valence-corrected chi connectivity index (χ3v) is 3.45. The van der Waals surface area contributed by atoms with Gasteiger partial charge in [-0.15, -0.1) is 11.6 Å². The molecule has 0 aliphatic carbocycles. The minimum Gasteiger partial charge on any atom is -0.250 e. The lowest BCUT2D eigenvalue weighted by Gasteiger charge is -2.28. The maximum atomic E-state index is 6.07. The normalized spacial score (nSPS) is 14.3. The van der Waals surface area contributed by atoms with Crippen molar-refractivity contribution in [1.29, 1.82) is 0 Å². The summed E-state index contributed by atoms with van der Waals surface area (Å²) in [7, 11) is 0. The van der Waals surface area contributed by atoms with Gasteiger partial charge >= 0.3 is 0 Å². The lowest BCUT2D eigenvalue weighted by molar-refractivity contribution is 0.256. The van der Waals surface area contributed by atoms with Crippen LogP contribution in [0.1, 0.15) is 40.4 Å². The van der Waals surface area contributed by atoms with Gasteiger partial charge in [0.05, 0.1) is 0 Å². The topological polar surface area (TPSA) is 30.7 Å². The monoisotopic (exact) mass is 257 g/mol. The predicted octanol–water partition coefficient (Wildman–Crippen LogP) is 3.38. The highest BCUT2D eigenvalue weighted by Crippen LogP contribution is 2.29. The molecule has 98 valence electrons. The fraction of sp³-hybridized carbons (Fsp3) is 0.846. The molecule has 0 amide bonds. The minimum atomic E-state index is 0.205. The van der Waals surface area contributed by atoms with E-state index in [0.29, 0.717) is 17.7 Å². The van der Waals surface area contributed by atoms with Crippen molar-refractivity contribution in [1.82, 2.24) is 14.8 Å². The van der Waals surface area contributed by atoms with Crippen molar-refractivity contribution in [3.63, 3.8) is 0 Å². The molecule has 0 aliphatic rings. The van der Waals surface area contributed by atoms with E-state index in [4.69, 9.17) is 11.6 Å². The summed E-state index contributed by atoms with van der Waals surface area (Å²) in [6.07, 6.45) is 2.55. The smallest absolute Gasteiger partial charge is 0.138 e. The Morgan fingerprint density at radius 1 is 1.35 bits per heavy atom. The van der Waals surface area contributed by atoms with E-state index in [1.807, 2.05) is 4.68 Å². The van der Waals surface area contributed by atoms with Gasteiger partial charge in [-0.25, -0.2) is 9.67 Å². The largest absolute Gasteiger partial charge is 0.250 e. The molecular formula is C13H24ClN3. The number of alkyl halides is 1. The molecule has 0 saturated heterocycles. The summed E-state index contributed by atoms with van der Waals surface area (Å²) >= 11 is 6.07. The van der Waals surface area contributed by atoms with Gasteiger partial charge in [-0.05, 0) is 17.3 Å². The highest BCUT2D eigenvalue weighted by molar-refractivity contribution is 6.18. The molecule has 0 aromatic carbocycles. The van der Waals surface area contributed by atoms with Gasteiger partial charge in [-0.1, -0.05) is 34.6 Å². The Kier molecular flexibility index (Phi) is 4.99. The van der Waals surface area contributed by atoms with Crippen LogP contribution in [0.4, 0.5) is 0 Å².